The minimum Gasteiger partial charge on any atom is -0.346 e. The second-order valence-electron chi connectivity index (χ2n) is 2.95. The summed E-state index contributed by atoms with van der Waals surface area (Å²) in [4.78, 5) is 0. The SMILES string of the molecule is ClCc1ccc(C2OCCO2)cc1. The highest BCUT2D eigenvalue weighted by atomic mass is 35.5. The first-order valence-corrected chi connectivity index (χ1v) is 4.81. The summed E-state index contributed by atoms with van der Waals surface area (Å²) < 4.78 is 10.7. The highest BCUT2D eigenvalue weighted by molar-refractivity contribution is 6.17. The van der Waals surface area contributed by atoms with Crippen molar-refractivity contribution in [2.45, 2.75) is 12.2 Å². The van der Waals surface area contributed by atoms with Gasteiger partial charge in [0.15, 0.2) is 6.29 Å². The lowest BCUT2D eigenvalue weighted by atomic mass is 10.1. The summed E-state index contributed by atoms with van der Waals surface area (Å²) in [5, 5.41) is 0. The molecule has 1 aromatic carbocycles. The lowest BCUT2D eigenvalue weighted by Gasteiger charge is -2.08. The van der Waals surface area contributed by atoms with Crippen molar-refractivity contribution in [3.63, 3.8) is 0 Å². The zero-order chi connectivity index (χ0) is 9.10. The Morgan fingerprint density at radius 1 is 1.15 bits per heavy atom. The van der Waals surface area contributed by atoms with Crippen LogP contribution in [0.1, 0.15) is 17.4 Å². The molecule has 0 atom stereocenters. The molecule has 1 fully saturated rings. The van der Waals surface area contributed by atoms with Gasteiger partial charge in [-0.05, 0) is 5.56 Å². The Morgan fingerprint density at radius 2 is 1.77 bits per heavy atom. The maximum atomic E-state index is 5.68. The van der Waals surface area contributed by atoms with E-state index in [1.54, 1.807) is 0 Å². The van der Waals surface area contributed by atoms with E-state index < -0.39 is 0 Å². The largest absolute Gasteiger partial charge is 0.346 e. The van der Waals surface area contributed by atoms with Crippen LogP contribution in [0.25, 0.3) is 0 Å². The number of rotatable bonds is 2. The highest BCUT2D eigenvalue weighted by Gasteiger charge is 2.17. The third-order valence-electron chi connectivity index (χ3n) is 2.03. The fourth-order valence-corrected chi connectivity index (χ4v) is 1.49. The fraction of sp³-hybridized carbons (Fsp3) is 0.400. The van der Waals surface area contributed by atoms with Crippen molar-refractivity contribution in [1.82, 2.24) is 0 Å². The van der Waals surface area contributed by atoms with Gasteiger partial charge in [-0.15, -0.1) is 11.6 Å². The highest BCUT2D eigenvalue weighted by Crippen LogP contribution is 2.23. The predicted octanol–water partition coefficient (Wildman–Crippen LogP) is 2.47. The van der Waals surface area contributed by atoms with Gasteiger partial charge in [0, 0.05) is 11.4 Å². The van der Waals surface area contributed by atoms with Crippen molar-refractivity contribution in [3.05, 3.63) is 35.4 Å². The summed E-state index contributed by atoms with van der Waals surface area (Å²) in [6.45, 7) is 1.36. The molecule has 1 aliphatic heterocycles. The van der Waals surface area contributed by atoms with Crippen molar-refractivity contribution in [1.29, 1.82) is 0 Å². The van der Waals surface area contributed by atoms with Gasteiger partial charge in [0.2, 0.25) is 0 Å². The van der Waals surface area contributed by atoms with Crippen LogP contribution in [0.5, 0.6) is 0 Å². The molecule has 0 bridgehead atoms. The van der Waals surface area contributed by atoms with Gasteiger partial charge in [0.1, 0.15) is 0 Å². The fourth-order valence-electron chi connectivity index (χ4n) is 1.31. The first-order chi connectivity index (χ1) is 6.40. The number of hydrogen-bond acceptors (Lipinski definition) is 2. The summed E-state index contributed by atoms with van der Waals surface area (Å²) in [6.07, 6.45) is -0.177. The molecule has 0 spiro atoms. The van der Waals surface area contributed by atoms with Crippen LogP contribution in [-0.2, 0) is 15.4 Å². The van der Waals surface area contributed by atoms with Crippen LogP contribution in [0.3, 0.4) is 0 Å². The number of halogens is 1. The monoisotopic (exact) mass is 198 g/mol. The first kappa shape index (κ1) is 9.00. The molecule has 0 aromatic heterocycles. The maximum Gasteiger partial charge on any atom is 0.184 e. The van der Waals surface area contributed by atoms with Gasteiger partial charge in [0.25, 0.3) is 0 Å². The molecular formula is C10H11ClO2. The molecule has 0 radical (unpaired) electrons. The molecule has 1 aromatic rings. The Morgan fingerprint density at radius 3 is 2.31 bits per heavy atom. The number of alkyl halides is 1. The molecule has 70 valence electrons. The molecule has 0 aliphatic carbocycles. The van der Waals surface area contributed by atoms with E-state index in [4.69, 9.17) is 21.1 Å². The van der Waals surface area contributed by atoms with Crippen LogP contribution in [0, 0.1) is 0 Å². The number of benzene rings is 1. The van der Waals surface area contributed by atoms with E-state index in [9.17, 15) is 0 Å². The first-order valence-electron chi connectivity index (χ1n) is 4.28. The molecule has 1 heterocycles. The molecular weight excluding hydrogens is 188 g/mol. The van der Waals surface area contributed by atoms with Crippen LogP contribution >= 0.6 is 11.6 Å². The average Bonchev–Trinajstić information content (AvgIpc) is 2.71. The minimum absolute atomic E-state index is 0.177. The topological polar surface area (TPSA) is 18.5 Å². The van der Waals surface area contributed by atoms with Gasteiger partial charge >= 0.3 is 0 Å². The summed E-state index contributed by atoms with van der Waals surface area (Å²) in [6, 6.07) is 7.97. The molecule has 0 unspecified atom stereocenters. The van der Waals surface area contributed by atoms with Crippen molar-refractivity contribution in [2.75, 3.05) is 13.2 Å². The molecule has 0 saturated carbocycles. The Labute approximate surface area is 82.4 Å². The molecule has 13 heavy (non-hydrogen) atoms. The van der Waals surface area contributed by atoms with Crippen LogP contribution < -0.4 is 0 Å². The van der Waals surface area contributed by atoms with Crippen LogP contribution in [0.2, 0.25) is 0 Å². The second-order valence-corrected chi connectivity index (χ2v) is 3.22. The number of hydrogen-bond donors (Lipinski definition) is 0. The van der Waals surface area contributed by atoms with Crippen molar-refractivity contribution in [2.24, 2.45) is 0 Å². The molecule has 1 aliphatic rings. The lowest BCUT2D eigenvalue weighted by molar-refractivity contribution is -0.0441. The minimum atomic E-state index is -0.177. The van der Waals surface area contributed by atoms with Gasteiger partial charge < -0.3 is 9.47 Å². The Bertz CT molecular complexity index is 265. The van der Waals surface area contributed by atoms with E-state index in [2.05, 4.69) is 0 Å². The molecule has 2 rings (SSSR count). The van der Waals surface area contributed by atoms with E-state index in [1.807, 2.05) is 24.3 Å². The third-order valence-corrected chi connectivity index (χ3v) is 2.34. The van der Waals surface area contributed by atoms with Crippen LogP contribution in [0.4, 0.5) is 0 Å². The summed E-state index contributed by atoms with van der Waals surface area (Å²) in [7, 11) is 0. The van der Waals surface area contributed by atoms with Crippen molar-refractivity contribution in [3.8, 4) is 0 Å². The van der Waals surface area contributed by atoms with E-state index in [0.717, 1.165) is 11.1 Å². The third kappa shape index (κ3) is 2.02. The number of ether oxygens (including phenoxy) is 2. The summed E-state index contributed by atoms with van der Waals surface area (Å²) in [5.41, 5.74) is 2.18. The van der Waals surface area contributed by atoms with E-state index in [0.29, 0.717) is 19.1 Å². The lowest BCUT2D eigenvalue weighted by Crippen LogP contribution is -1.97. The average molecular weight is 199 g/mol. The molecule has 0 amide bonds. The van der Waals surface area contributed by atoms with Crippen molar-refractivity contribution < 1.29 is 9.47 Å². The van der Waals surface area contributed by atoms with Crippen LogP contribution in [-0.4, -0.2) is 13.2 Å². The molecule has 2 nitrogen and oxygen atoms in total. The normalized spacial score (nSPS) is 17.9. The van der Waals surface area contributed by atoms with Crippen molar-refractivity contribution >= 4 is 11.6 Å². The van der Waals surface area contributed by atoms with Gasteiger partial charge in [-0.3, -0.25) is 0 Å². The Hall–Kier alpha value is -0.570. The predicted molar refractivity (Wildman–Crippen MR) is 50.6 cm³/mol. The van der Waals surface area contributed by atoms with Gasteiger partial charge in [-0.1, -0.05) is 24.3 Å². The smallest absolute Gasteiger partial charge is 0.184 e. The molecule has 0 N–H and O–H groups in total. The molecule has 3 heteroatoms. The summed E-state index contributed by atoms with van der Waals surface area (Å²) >= 11 is 5.68. The van der Waals surface area contributed by atoms with Gasteiger partial charge in [0.05, 0.1) is 13.2 Å². The molecule has 1 saturated heterocycles. The Kier molecular flexibility index (Phi) is 2.83. The second kappa shape index (κ2) is 4.09. The van der Waals surface area contributed by atoms with E-state index in [-0.39, 0.29) is 6.29 Å². The van der Waals surface area contributed by atoms with Gasteiger partial charge in [-0.2, -0.15) is 0 Å². The van der Waals surface area contributed by atoms with Crippen LogP contribution in [0.15, 0.2) is 24.3 Å². The van der Waals surface area contributed by atoms with Gasteiger partial charge in [-0.25, -0.2) is 0 Å². The maximum absolute atomic E-state index is 5.68. The zero-order valence-electron chi connectivity index (χ0n) is 7.20. The standard InChI is InChI=1S/C10H11ClO2/c11-7-8-1-3-9(4-2-8)10-12-5-6-13-10/h1-4,10H,5-7H2. The Balaban J connectivity index is 2.12. The summed E-state index contributed by atoms with van der Waals surface area (Å²) in [5.74, 6) is 0.548. The zero-order valence-corrected chi connectivity index (χ0v) is 7.96. The van der Waals surface area contributed by atoms with E-state index >= 15 is 0 Å². The van der Waals surface area contributed by atoms with E-state index in [1.165, 1.54) is 0 Å². The quantitative estimate of drug-likeness (QED) is 0.680.